The molecule has 0 atom stereocenters. The lowest BCUT2D eigenvalue weighted by atomic mass is 9.62. The van der Waals surface area contributed by atoms with Crippen LogP contribution in [0.4, 0.5) is 0 Å². The molecule has 33 heavy (non-hydrogen) atoms. The van der Waals surface area contributed by atoms with E-state index in [4.69, 9.17) is 4.74 Å². The van der Waals surface area contributed by atoms with Gasteiger partial charge < -0.3 is 9.84 Å². The fraction of sp³-hybridized carbons (Fsp3) is 0.310. The molecule has 0 saturated heterocycles. The van der Waals surface area contributed by atoms with E-state index in [1.54, 1.807) is 12.1 Å². The third-order valence-electron chi connectivity index (χ3n) is 6.83. The molecule has 3 aromatic carbocycles. The van der Waals surface area contributed by atoms with E-state index in [0.717, 1.165) is 18.4 Å². The topological polar surface area (TPSA) is 63.6 Å². The fourth-order valence-electron chi connectivity index (χ4n) is 4.55. The molecule has 1 aliphatic rings. The Morgan fingerprint density at radius 2 is 1.36 bits per heavy atom. The lowest BCUT2D eigenvalue weighted by molar-refractivity contribution is 0.0696. The maximum Gasteiger partial charge on any atom is 0.335 e. The van der Waals surface area contributed by atoms with Crippen molar-refractivity contribution in [1.82, 2.24) is 0 Å². The molecule has 0 saturated carbocycles. The van der Waals surface area contributed by atoms with Gasteiger partial charge in [-0.1, -0.05) is 70.2 Å². The van der Waals surface area contributed by atoms with Gasteiger partial charge in [-0.05, 0) is 64.6 Å². The van der Waals surface area contributed by atoms with Crippen LogP contribution in [-0.2, 0) is 17.4 Å². The van der Waals surface area contributed by atoms with Gasteiger partial charge in [-0.15, -0.1) is 0 Å². The van der Waals surface area contributed by atoms with Gasteiger partial charge in [0.25, 0.3) is 0 Å². The molecule has 0 bridgehead atoms. The summed E-state index contributed by atoms with van der Waals surface area (Å²) < 4.78 is 6.24. The molecule has 0 aromatic heterocycles. The Morgan fingerprint density at radius 1 is 0.818 bits per heavy atom. The predicted molar refractivity (Wildman–Crippen MR) is 129 cm³/mol. The average molecular weight is 443 g/mol. The van der Waals surface area contributed by atoms with Gasteiger partial charge in [-0.3, -0.25) is 4.79 Å². The van der Waals surface area contributed by atoms with Crippen molar-refractivity contribution in [3.8, 4) is 5.75 Å². The molecule has 0 heterocycles. The Labute approximate surface area is 195 Å². The van der Waals surface area contributed by atoms with Crippen LogP contribution in [0.15, 0.2) is 66.7 Å². The second-order valence-corrected chi connectivity index (χ2v) is 10.1. The van der Waals surface area contributed by atoms with Crippen LogP contribution in [0.1, 0.15) is 83.5 Å². The molecule has 170 valence electrons. The molecule has 4 nitrogen and oxygen atoms in total. The van der Waals surface area contributed by atoms with Gasteiger partial charge in [0, 0.05) is 5.56 Å². The van der Waals surface area contributed by atoms with Crippen LogP contribution in [0.3, 0.4) is 0 Å². The molecular weight excluding hydrogens is 412 g/mol. The monoisotopic (exact) mass is 442 g/mol. The first kappa shape index (κ1) is 22.8. The van der Waals surface area contributed by atoms with Gasteiger partial charge in [0.05, 0.1) is 11.1 Å². The van der Waals surface area contributed by atoms with Crippen molar-refractivity contribution in [2.75, 3.05) is 0 Å². The first-order valence-corrected chi connectivity index (χ1v) is 11.3. The summed E-state index contributed by atoms with van der Waals surface area (Å²) >= 11 is 0. The van der Waals surface area contributed by atoms with Crippen LogP contribution < -0.4 is 4.74 Å². The predicted octanol–water partition coefficient (Wildman–Crippen LogP) is 6.54. The largest absolute Gasteiger partial charge is 0.488 e. The van der Waals surface area contributed by atoms with Crippen molar-refractivity contribution in [2.45, 2.75) is 58.0 Å². The summed E-state index contributed by atoms with van der Waals surface area (Å²) in [5, 5.41) is 9.19. The number of hydrogen-bond acceptors (Lipinski definition) is 3. The van der Waals surface area contributed by atoms with Crippen molar-refractivity contribution in [1.29, 1.82) is 0 Å². The molecule has 0 spiro atoms. The summed E-state index contributed by atoms with van der Waals surface area (Å²) in [5.74, 6) is -0.619. The molecule has 0 radical (unpaired) electrons. The minimum absolute atomic E-state index is 0.0135. The Morgan fingerprint density at radius 3 is 1.94 bits per heavy atom. The van der Waals surface area contributed by atoms with Crippen LogP contribution in [0.25, 0.3) is 0 Å². The van der Waals surface area contributed by atoms with Gasteiger partial charge in [0.2, 0.25) is 0 Å². The van der Waals surface area contributed by atoms with Crippen molar-refractivity contribution in [3.63, 3.8) is 0 Å². The standard InChI is InChI=1S/C29H30O4/c1-28(2)14-15-29(3,4)24-17-25(33-18-19-8-6-5-7-9-19)22(16-23(24)28)26(30)20-10-12-21(13-11-20)27(31)32/h5-13,16-17H,14-15,18H2,1-4H3,(H,31,32). The fourth-order valence-corrected chi connectivity index (χ4v) is 4.55. The van der Waals surface area contributed by atoms with E-state index in [9.17, 15) is 14.7 Å². The Balaban J connectivity index is 1.80. The Hall–Kier alpha value is -3.40. The summed E-state index contributed by atoms with van der Waals surface area (Å²) in [7, 11) is 0. The second kappa shape index (κ2) is 8.51. The van der Waals surface area contributed by atoms with E-state index in [1.807, 2.05) is 36.4 Å². The number of benzene rings is 3. The highest BCUT2D eigenvalue weighted by Crippen LogP contribution is 2.48. The minimum Gasteiger partial charge on any atom is -0.488 e. The SMILES string of the molecule is CC1(C)CCC(C)(C)c2cc(C(=O)c3ccc(C(=O)O)cc3)c(OCc3ccccc3)cc21. The molecule has 4 heteroatoms. The van der Waals surface area contributed by atoms with E-state index < -0.39 is 5.97 Å². The zero-order valence-corrected chi connectivity index (χ0v) is 19.6. The molecule has 4 rings (SSSR count). The molecule has 0 unspecified atom stereocenters. The molecular formula is C29H30O4. The van der Waals surface area contributed by atoms with Crippen LogP contribution in [0, 0.1) is 0 Å². The molecule has 3 aromatic rings. The van der Waals surface area contributed by atoms with E-state index >= 15 is 0 Å². The van der Waals surface area contributed by atoms with Gasteiger partial charge >= 0.3 is 5.97 Å². The highest BCUT2D eigenvalue weighted by Gasteiger charge is 2.38. The van der Waals surface area contributed by atoms with Crippen molar-refractivity contribution < 1.29 is 19.4 Å². The number of ether oxygens (including phenoxy) is 1. The summed E-state index contributed by atoms with van der Waals surface area (Å²) in [5.41, 5.74) is 4.47. The van der Waals surface area contributed by atoms with E-state index in [2.05, 4.69) is 33.8 Å². The van der Waals surface area contributed by atoms with Gasteiger partial charge in [-0.2, -0.15) is 0 Å². The lowest BCUT2D eigenvalue weighted by Crippen LogP contribution is -2.34. The van der Waals surface area contributed by atoms with E-state index in [1.165, 1.54) is 23.3 Å². The molecule has 0 aliphatic heterocycles. The lowest BCUT2D eigenvalue weighted by Gasteiger charge is -2.42. The van der Waals surface area contributed by atoms with Crippen LogP contribution in [0.2, 0.25) is 0 Å². The number of carbonyl (C=O) groups is 2. The summed E-state index contributed by atoms with van der Waals surface area (Å²) in [6.45, 7) is 9.30. The number of aromatic carboxylic acids is 1. The van der Waals surface area contributed by atoms with E-state index in [-0.39, 0.29) is 22.2 Å². The van der Waals surface area contributed by atoms with E-state index in [0.29, 0.717) is 23.5 Å². The minimum atomic E-state index is -1.02. The normalized spacial score (nSPS) is 16.0. The number of ketones is 1. The average Bonchev–Trinajstić information content (AvgIpc) is 2.80. The third-order valence-corrected chi connectivity index (χ3v) is 6.83. The van der Waals surface area contributed by atoms with Crippen molar-refractivity contribution in [2.24, 2.45) is 0 Å². The van der Waals surface area contributed by atoms with Crippen molar-refractivity contribution in [3.05, 3.63) is 100 Å². The molecule has 0 amide bonds. The van der Waals surface area contributed by atoms with Crippen molar-refractivity contribution >= 4 is 11.8 Å². The van der Waals surface area contributed by atoms with Gasteiger partial charge in [-0.25, -0.2) is 4.79 Å². The summed E-state index contributed by atoms with van der Waals surface area (Å²) in [6.07, 6.45) is 2.10. The number of rotatable bonds is 6. The number of fused-ring (bicyclic) bond motifs is 1. The molecule has 1 aliphatic carbocycles. The highest BCUT2D eigenvalue weighted by atomic mass is 16.5. The van der Waals surface area contributed by atoms with Gasteiger partial charge in [0.15, 0.2) is 5.78 Å². The summed E-state index contributed by atoms with van der Waals surface area (Å²) in [4.78, 5) is 24.8. The summed E-state index contributed by atoms with van der Waals surface area (Å²) in [6, 6.07) is 20.0. The first-order chi connectivity index (χ1) is 15.6. The Kier molecular flexibility index (Phi) is 5.87. The van der Waals surface area contributed by atoms with Crippen LogP contribution in [0.5, 0.6) is 5.75 Å². The highest BCUT2D eigenvalue weighted by molar-refractivity contribution is 6.11. The number of carboxylic acids is 1. The maximum absolute atomic E-state index is 13.6. The zero-order chi connectivity index (χ0) is 23.8. The third kappa shape index (κ3) is 4.56. The first-order valence-electron chi connectivity index (χ1n) is 11.3. The quantitative estimate of drug-likeness (QED) is 0.440. The van der Waals surface area contributed by atoms with Crippen LogP contribution >= 0.6 is 0 Å². The second-order valence-electron chi connectivity index (χ2n) is 10.1. The number of carboxylic acid groups (broad SMARTS) is 1. The molecule has 0 fully saturated rings. The Bertz CT molecular complexity index is 1190. The smallest absolute Gasteiger partial charge is 0.335 e. The number of hydrogen-bond donors (Lipinski definition) is 1. The number of carbonyl (C=O) groups excluding carboxylic acids is 1. The molecule has 1 N–H and O–H groups in total. The maximum atomic E-state index is 13.6. The van der Waals surface area contributed by atoms with Crippen LogP contribution in [-0.4, -0.2) is 16.9 Å². The van der Waals surface area contributed by atoms with Gasteiger partial charge in [0.1, 0.15) is 12.4 Å². The zero-order valence-electron chi connectivity index (χ0n) is 19.6.